The molecule has 0 aliphatic carbocycles. The van der Waals surface area contributed by atoms with Crippen LogP contribution >= 0.6 is 0 Å². The van der Waals surface area contributed by atoms with E-state index in [9.17, 15) is 9.18 Å². The van der Waals surface area contributed by atoms with E-state index in [2.05, 4.69) is 39.5 Å². The van der Waals surface area contributed by atoms with Crippen molar-refractivity contribution in [3.63, 3.8) is 0 Å². The average molecular weight is 433 g/mol. The van der Waals surface area contributed by atoms with E-state index in [4.69, 9.17) is 0 Å². The molecule has 1 atom stereocenters. The Kier molecular flexibility index (Phi) is 7.10. The van der Waals surface area contributed by atoms with Gasteiger partial charge in [0, 0.05) is 30.6 Å². The Morgan fingerprint density at radius 3 is 2.53 bits per heavy atom. The van der Waals surface area contributed by atoms with Gasteiger partial charge in [0.15, 0.2) is 5.82 Å². The summed E-state index contributed by atoms with van der Waals surface area (Å²) in [4.78, 5) is 14.9. The van der Waals surface area contributed by atoms with E-state index in [1.54, 1.807) is 6.07 Å². The van der Waals surface area contributed by atoms with Gasteiger partial charge in [0.2, 0.25) is 5.91 Å². The molecule has 0 spiro atoms. The first kappa shape index (κ1) is 21.9. The van der Waals surface area contributed by atoms with Crippen LogP contribution in [0.5, 0.6) is 0 Å². The predicted octanol–water partition coefficient (Wildman–Crippen LogP) is 4.64. The molecule has 0 saturated carbocycles. The van der Waals surface area contributed by atoms with Gasteiger partial charge in [0.1, 0.15) is 5.82 Å². The zero-order chi connectivity index (χ0) is 22.3. The van der Waals surface area contributed by atoms with Gasteiger partial charge in [-0.2, -0.15) is 0 Å². The van der Waals surface area contributed by atoms with E-state index in [1.807, 2.05) is 36.4 Å². The van der Waals surface area contributed by atoms with Crippen LogP contribution < -0.4 is 10.2 Å². The minimum absolute atomic E-state index is 0.0324. The monoisotopic (exact) mass is 432 g/mol. The highest BCUT2D eigenvalue weighted by molar-refractivity contribution is 5.79. The zero-order valence-corrected chi connectivity index (χ0v) is 18.4. The Hall–Kier alpha value is -3.28. The highest BCUT2D eigenvalue weighted by atomic mass is 19.1. The zero-order valence-electron chi connectivity index (χ0n) is 18.4. The van der Waals surface area contributed by atoms with Gasteiger partial charge in [-0.3, -0.25) is 4.79 Å². The molecule has 1 N–H and O–H groups in total. The van der Waals surface area contributed by atoms with Crippen LogP contribution in [-0.4, -0.2) is 35.2 Å². The van der Waals surface area contributed by atoms with E-state index < -0.39 is 0 Å². The summed E-state index contributed by atoms with van der Waals surface area (Å²) in [6.07, 6.45) is 3.49. The number of amides is 1. The van der Waals surface area contributed by atoms with Gasteiger partial charge in [-0.25, -0.2) is 4.39 Å². The minimum Gasteiger partial charge on any atom is -0.355 e. The minimum atomic E-state index is -0.289. The third kappa shape index (κ3) is 5.69. The lowest BCUT2D eigenvalue weighted by atomic mass is 9.95. The van der Waals surface area contributed by atoms with Crippen LogP contribution in [0.15, 0.2) is 66.7 Å². The van der Waals surface area contributed by atoms with Crippen LogP contribution in [0.4, 0.5) is 10.2 Å². The number of carbonyl (C=O) groups is 1. The molecule has 1 aliphatic rings. The number of nitrogens with one attached hydrogen (secondary N) is 1. The van der Waals surface area contributed by atoms with Crippen LogP contribution in [0.1, 0.15) is 31.7 Å². The van der Waals surface area contributed by atoms with Crippen LogP contribution in [0.25, 0.3) is 11.3 Å². The number of halogens is 1. The molecule has 6 heteroatoms. The van der Waals surface area contributed by atoms with Gasteiger partial charge in [0.25, 0.3) is 0 Å². The molecular weight excluding hydrogens is 403 g/mol. The number of aromatic nitrogens is 2. The Morgan fingerprint density at radius 1 is 1.06 bits per heavy atom. The number of hydrogen-bond acceptors (Lipinski definition) is 4. The summed E-state index contributed by atoms with van der Waals surface area (Å²) in [5.41, 5.74) is 2.65. The summed E-state index contributed by atoms with van der Waals surface area (Å²) in [6.45, 7) is 3.61. The van der Waals surface area contributed by atoms with Crippen molar-refractivity contribution in [2.75, 3.05) is 18.0 Å². The van der Waals surface area contributed by atoms with E-state index in [0.717, 1.165) is 44.6 Å². The second-order valence-electron chi connectivity index (χ2n) is 8.48. The fourth-order valence-corrected chi connectivity index (χ4v) is 4.13. The summed E-state index contributed by atoms with van der Waals surface area (Å²) >= 11 is 0. The highest BCUT2D eigenvalue weighted by Crippen LogP contribution is 2.24. The Bertz CT molecular complexity index is 1020. The normalized spacial score (nSPS) is 15.4. The quantitative estimate of drug-likeness (QED) is 0.591. The second kappa shape index (κ2) is 10.4. The summed E-state index contributed by atoms with van der Waals surface area (Å²) < 4.78 is 13.4. The Labute approximate surface area is 188 Å². The molecule has 4 rings (SSSR count). The van der Waals surface area contributed by atoms with Crippen molar-refractivity contribution >= 4 is 11.7 Å². The molecule has 32 heavy (non-hydrogen) atoms. The molecule has 166 valence electrons. The van der Waals surface area contributed by atoms with Crippen molar-refractivity contribution in [3.05, 3.63) is 78.1 Å². The number of piperidine rings is 1. The summed E-state index contributed by atoms with van der Waals surface area (Å²) in [5, 5.41) is 11.8. The first-order valence-electron chi connectivity index (χ1n) is 11.3. The van der Waals surface area contributed by atoms with Gasteiger partial charge in [-0.15, -0.1) is 10.2 Å². The van der Waals surface area contributed by atoms with Crippen molar-refractivity contribution in [1.82, 2.24) is 15.5 Å². The summed E-state index contributed by atoms with van der Waals surface area (Å²) in [7, 11) is 0. The number of carbonyl (C=O) groups excluding carboxylic acids is 1. The Morgan fingerprint density at radius 2 is 1.84 bits per heavy atom. The maximum atomic E-state index is 13.4. The Balaban J connectivity index is 1.25. The SMILES string of the molecule is C[C@H](CCc1ccccc1)NC(=O)C1CCN(c2ccc(-c3cccc(F)c3)nn2)CC1. The standard InChI is InChI=1S/C26H29FN4O/c1-19(10-11-20-6-3-2-4-7-20)28-26(32)21-14-16-31(17-15-21)25-13-12-24(29-30-25)22-8-5-9-23(27)18-22/h2-9,12-13,18-19,21H,10-11,14-17H2,1H3,(H,28,32)/t19-/m1/s1. The van der Waals surface area contributed by atoms with E-state index in [0.29, 0.717) is 11.3 Å². The third-order valence-corrected chi connectivity index (χ3v) is 6.06. The number of aryl methyl sites for hydroxylation is 1. The van der Waals surface area contributed by atoms with Gasteiger partial charge in [-0.05, 0) is 62.4 Å². The van der Waals surface area contributed by atoms with Gasteiger partial charge < -0.3 is 10.2 Å². The fourth-order valence-electron chi connectivity index (χ4n) is 4.13. The molecule has 3 aromatic rings. The van der Waals surface area contributed by atoms with E-state index in [1.165, 1.54) is 17.7 Å². The van der Waals surface area contributed by atoms with Crippen LogP contribution in [-0.2, 0) is 11.2 Å². The van der Waals surface area contributed by atoms with Crippen LogP contribution in [0.3, 0.4) is 0 Å². The molecule has 0 bridgehead atoms. The molecule has 2 aromatic carbocycles. The van der Waals surface area contributed by atoms with E-state index >= 15 is 0 Å². The largest absolute Gasteiger partial charge is 0.355 e. The molecule has 1 amide bonds. The number of anilines is 1. The molecule has 2 heterocycles. The number of nitrogens with zero attached hydrogens (tertiary/aromatic N) is 3. The molecule has 1 fully saturated rings. The third-order valence-electron chi connectivity index (χ3n) is 6.06. The lowest BCUT2D eigenvalue weighted by molar-refractivity contribution is -0.126. The van der Waals surface area contributed by atoms with Crippen LogP contribution in [0, 0.1) is 11.7 Å². The summed E-state index contributed by atoms with van der Waals surface area (Å²) in [6, 6.07) is 20.6. The highest BCUT2D eigenvalue weighted by Gasteiger charge is 2.26. The molecule has 0 unspecified atom stereocenters. The van der Waals surface area contributed by atoms with Crippen molar-refractivity contribution in [1.29, 1.82) is 0 Å². The molecule has 0 radical (unpaired) electrons. The first-order valence-corrected chi connectivity index (χ1v) is 11.3. The number of benzene rings is 2. The average Bonchev–Trinajstić information content (AvgIpc) is 2.83. The van der Waals surface area contributed by atoms with Gasteiger partial charge in [0.05, 0.1) is 5.69 Å². The maximum absolute atomic E-state index is 13.4. The smallest absolute Gasteiger partial charge is 0.223 e. The van der Waals surface area contributed by atoms with Gasteiger partial charge >= 0.3 is 0 Å². The summed E-state index contributed by atoms with van der Waals surface area (Å²) in [5.74, 6) is 0.686. The predicted molar refractivity (Wildman–Crippen MR) is 125 cm³/mol. The van der Waals surface area contributed by atoms with Crippen molar-refractivity contribution in [2.24, 2.45) is 5.92 Å². The molecular formula is C26H29FN4O. The fraction of sp³-hybridized carbons (Fsp3) is 0.346. The topological polar surface area (TPSA) is 58.1 Å². The lowest BCUT2D eigenvalue weighted by Crippen LogP contribution is -2.43. The molecule has 1 aliphatic heterocycles. The second-order valence-corrected chi connectivity index (χ2v) is 8.48. The van der Waals surface area contributed by atoms with Gasteiger partial charge in [-0.1, -0.05) is 42.5 Å². The van der Waals surface area contributed by atoms with Crippen LogP contribution in [0.2, 0.25) is 0 Å². The molecule has 5 nitrogen and oxygen atoms in total. The lowest BCUT2D eigenvalue weighted by Gasteiger charge is -2.32. The van der Waals surface area contributed by atoms with Crippen molar-refractivity contribution < 1.29 is 9.18 Å². The molecule has 1 aromatic heterocycles. The van der Waals surface area contributed by atoms with Crippen molar-refractivity contribution in [3.8, 4) is 11.3 Å². The van der Waals surface area contributed by atoms with E-state index in [-0.39, 0.29) is 23.7 Å². The number of hydrogen-bond donors (Lipinski definition) is 1. The number of rotatable bonds is 7. The molecule has 1 saturated heterocycles. The van der Waals surface area contributed by atoms with Crippen molar-refractivity contribution in [2.45, 2.75) is 38.6 Å². The maximum Gasteiger partial charge on any atom is 0.223 e. The first-order chi connectivity index (χ1) is 15.6.